The van der Waals surface area contributed by atoms with Crippen LogP contribution in [0.4, 0.5) is 0 Å². The van der Waals surface area contributed by atoms with Crippen LogP contribution in [0.3, 0.4) is 0 Å². The third-order valence-electron chi connectivity index (χ3n) is 2.73. The molecule has 0 aromatic heterocycles. The highest BCUT2D eigenvalue weighted by Gasteiger charge is 2.31. The van der Waals surface area contributed by atoms with E-state index in [-0.39, 0.29) is 23.9 Å². The second kappa shape index (κ2) is 6.75. The third-order valence-corrected chi connectivity index (χ3v) is 3.93. The predicted octanol–water partition coefficient (Wildman–Crippen LogP) is -0.351. The minimum atomic E-state index is -1.09. The molecule has 102 valence electrons. The van der Waals surface area contributed by atoms with E-state index in [1.807, 2.05) is 0 Å². The van der Waals surface area contributed by atoms with Gasteiger partial charge in [0.25, 0.3) is 0 Å². The molecule has 1 rings (SSSR count). The molecule has 0 heterocycles. The summed E-state index contributed by atoms with van der Waals surface area (Å²) in [6.45, 7) is 1.26. The molecule has 1 aliphatic rings. The summed E-state index contributed by atoms with van der Waals surface area (Å²) in [5.74, 6) is -0.947. The number of nitrogens with one attached hydrogen (secondary N) is 1. The number of hydrogen-bond acceptors (Lipinski definition) is 5. The zero-order valence-electron chi connectivity index (χ0n) is 10.1. The Morgan fingerprint density at radius 3 is 2.67 bits per heavy atom. The molecular weight excluding hydrogens is 258 g/mol. The van der Waals surface area contributed by atoms with Gasteiger partial charge >= 0.3 is 5.97 Å². The van der Waals surface area contributed by atoms with Crippen LogP contribution in [0.5, 0.6) is 0 Å². The number of carbonyl (C=O) groups excluding carboxylic acids is 2. The number of Topliss-reactive ketones (excluding diaryl/α,β-unsaturated/α-hetero) is 1. The number of carboxylic acid groups (broad SMARTS) is 1. The van der Waals surface area contributed by atoms with E-state index in [1.165, 1.54) is 18.7 Å². The van der Waals surface area contributed by atoms with Gasteiger partial charge in [-0.25, -0.2) is 4.79 Å². The highest BCUT2D eigenvalue weighted by molar-refractivity contribution is 7.99. The number of carboxylic acids is 1. The minimum Gasteiger partial charge on any atom is -0.480 e. The van der Waals surface area contributed by atoms with Crippen molar-refractivity contribution in [2.75, 3.05) is 11.5 Å². The van der Waals surface area contributed by atoms with E-state index in [4.69, 9.17) is 5.11 Å². The fourth-order valence-electron chi connectivity index (χ4n) is 1.85. The van der Waals surface area contributed by atoms with Crippen molar-refractivity contribution in [3.8, 4) is 0 Å². The van der Waals surface area contributed by atoms with Gasteiger partial charge in [0.1, 0.15) is 11.8 Å². The van der Waals surface area contributed by atoms with Gasteiger partial charge in [-0.15, -0.1) is 0 Å². The molecule has 1 amide bonds. The lowest BCUT2D eigenvalue weighted by Crippen LogP contribution is -2.41. The third kappa shape index (κ3) is 4.66. The molecule has 1 fully saturated rings. The summed E-state index contributed by atoms with van der Waals surface area (Å²) in [5, 5.41) is 20.5. The summed E-state index contributed by atoms with van der Waals surface area (Å²) in [7, 11) is 0. The van der Waals surface area contributed by atoms with Crippen LogP contribution in [0.15, 0.2) is 0 Å². The molecule has 1 saturated carbocycles. The predicted molar refractivity (Wildman–Crippen MR) is 66.3 cm³/mol. The molecular formula is C11H17NO5S. The molecule has 0 aromatic carbocycles. The number of ketones is 1. The molecule has 3 N–H and O–H groups in total. The normalized spacial score (nSPS) is 24.9. The number of thioether (sulfide) groups is 1. The zero-order valence-corrected chi connectivity index (χ0v) is 10.9. The number of amides is 1. The number of rotatable bonds is 6. The van der Waals surface area contributed by atoms with Crippen LogP contribution in [0, 0.1) is 5.92 Å². The number of aliphatic carboxylic acids is 1. The average Bonchev–Trinajstić information content (AvgIpc) is 2.55. The molecule has 0 spiro atoms. The summed E-state index contributed by atoms with van der Waals surface area (Å²) < 4.78 is 0. The molecule has 6 nitrogen and oxygen atoms in total. The van der Waals surface area contributed by atoms with E-state index in [9.17, 15) is 19.5 Å². The number of hydrogen-bond donors (Lipinski definition) is 3. The van der Waals surface area contributed by atoms with Gasteiger partial charge < -0.3 is 15.5 Å². The maximum absolute atomic E-state index is 11.4. The Hall–Kier alpha value is -1.08. The Bertz CT molecular complexity index is 346. The van der Waals surface area contributed by atoms with Gasteiger partial charge in [-0.05, 0) is 6.42 Å². The van der Waals surface area contributed by atoms with E-state index in [0.29, 0.717) is 12.2 Å². The molecule has 2 unspecified atom stereocenters. The summed E-state index contributed by atoms with van der Waals surface area (Å²) in [6.07, 6.45) is 0.0805. The van der Waals surface area contributed by atoms with Crippen LogP contribution < -0.4 is 5.32 Å². The topological polar surface area (TPSA) is 104 Å². The Labute approximate surface area is 109 Å². The minimum absolute atomic E-state index is 0.0291. The molecule has 0 aliphatic heterocycles. The van der Waals surface area contributed by atoms with Gasteiger partial charge in [-0.3, -0.25) is 9.59 Å². The molecule has 0 aromatic rings. The van der Waals surface area contributed by atoms with Crippen molar-refractivity contribution >= 4 is 29.4 Å². The van der Waals surface area contributed by atoms with Crippen LogP contribution in [0.2, 0.25) is 0 Å². The van der Waals surface area contributed by atoms with Gasteiger partial charge in [-0.1, -0.05) is 0 Å². The van der Waals surface area contributed by atoms with Crippen molar-refractivity contribution in [2.24, 2.45) is 5.92 Å². The van der Waals surface area contributed by atoms with Crippen molar-refractivity contribution in [1.29, 1.82) is 0 Å². The molecule has 18 heavy (non-hydrogen) atoms. The SMILES string of the molecule is CC(=O)N[C@@H](CSCC1CC(O)CC1=O)C(=O)O. The molecule has 0 saturated heterocycles. The lowest BCUT2D eigenvalue weighted by molar-refractivity contribution is -0.140. The van der Waals surface area contributed by atoms with Gasteiger partial charge in [0, 0.05) is 30.8 Å². The molecule has 1 aliphatic carbocycles. The first-order chi connectivity index (χ1) is 8.40. The summed E-state index contributed by atoms with van der Waals surface area (Å²) in [5.41, 5.74) is 0. The molecule has 0 radical (unpaired) electrons. The van der Waals surface area contributed by atoms with Crippen molar-refractivity contribution in [3.63, 3.8) is 0 Å². The van der Waals surface area contributed by atoms with E-state index >= 15 is 0 Å². The Morgan fingerprint density at radius 1 is 1.56 bits per heavy atom. The van der Waals surface area contributed by atoms with E-state index < -0.39 is 24.0 Å². The van der Waals surface area contributed by atoms with Crippen LogP contribution in [-0.2, 0) is 14.4 Å². The van der Waals surface area contributed by atoms with Crippen molar-refractivity contribution in [1.82, 2.24) is 5.32 Å². The van der Waals surface area contributed by atoms with Crippen molar-refractivity contribution in [2.45, 2.75) is 31.9 Å². The monoisotopic (exact) mass is 275 g/mol. The molecule has 3 atom stereocenters. The largest absolute Gasteiger partial charge is 0.480 e. The van der Waals surface area contributed by atoms with Crippen LogP contribution in [0.25, 0.3) is 0 Å². The van der Waals surface area contributed by atoms with Gasteiger partial charge in [-0.2, -0.15) is 11.8 Å². The fourth-order valence-corrected chi connectivity index (χ4v) is 3.06. The maximum atomic E-state index is 11.4. The quantitative estimate of drug-likeness (QED) is 0.612. The van der Waals surface area contributed by atoms with Crippen LogP contribution in [-0.4, -0.2) is 51.5 Å². The molecule has 7 heteroatoms. The van der Waals surface area contributed by atoms with Crippen molar-refractivity contribution in [3.05, 3.63) is 0 Å². The first kappa shape index (κ1) is 15.0. The summed E-state index contributed by atoms with van der Waals surface area (Å²) >= 11 is 1.31. The molecule has 0 bridgehead atoms. The maximum Gasteiger partial charge on any atom is 0.327 e. The van der Waals surface area contributed by atoms with E-state index in [0.717, 1.165) is 0 Å². The average molecular weight is 275 g/mol. The summed E-state index contributed by atoms with van der Waals surface area (Å²) in [4.78, 5) is 33.1. The van der Waals surface area contributed by atoms with Crippen LogP contribution >= 0.6 is 11.8 Å². The van der Waals surface area contributed by atoms with E-state index in [1.54, 1.807) is 0 Å². The number of aliphatic hydroxyl groups excluding tert-OH is 1. The first-order valence-electron chi connectivity index (χ1n) is 5.68. The number of aliphatic hydroxyl groups is 1. The highest BCUT2D eigenvalue weighted by Crippen LogP contribution is 2.25. The highest BCUT2D eigenvalue weighted by atomic mass is 32.2. The standard InChI is InChI=1S/C11H17NO5S/c1-6(13)12-9(11(16)17)5-18-4-7-2-8(14)3-10(7)15/h7-9,14H,2-5H2,1H3,(H,12,13)(H,16,17)/t7?,8?,9-/m0/s1. The van der Waals surface area contributed by atoms with Gasteiger partial charge in [0.2, 0.25) is 5.91 Å². The number of carbonyl (C=O) groups is 3. The summed E-state index contributed by atoms with van der Waals surface area (Å²) in [6, 6.07) is -0.936. The van der Waals surface area contributed by atoms with Gasteiger partial charge in [0.15, 0.2) is 0 Å². The first-order valence-corrected chi connectivity index (χ1v) is 6.84. The Morgan fingerprint density at radius 2 is 2.22 bits per heavy atom. The Kier molecular flexibility index (Phi) is 5.61. The zero-order chi connectivity index (χ0) is 13.7. The van der Waals surface area contributed by atoms with Crippen molar-refractivity contribution < 1.29 is 24.6 Å². The second-order valence-electron chi connectivity index (χ2n) is 4.39. The fraction of sp³-hybridized carbons (Fsp3) is 0.727. The second-order valence-corrected chi connectivity index (χ2v) is 5.46. The lowest BCUT2D eigenvalue weighted by Gasteiger charge is -2.14. The lowest BCUT2D eigenvalue weighted by atomic mass is 10.1. The van der Waals surface area contributed by atoms with Gasteiger partial charge in [0.05, 0.1) is 6.10 Å². The van der Waals surface area contributed by atoms with Crippen LogP contribution in [0.1, 0.15) is 19.8 Å². The smallest absolute Gasteiger partial charge is 0.327 e. The van der Waals surface area contributed by atoms with E-state index in [2.05, 4.69) is 5.32 Å². The Balaban J connectivity index is 2.32.